The summed E-state index contributed by atoms with van der Waals surface area (Å²) < 4.78 is 6.36. The fourth-order valence-electron chi connectivity index (χ4n) is 6.73. The van der Waals surface area contributed by atoms with Gasteiger partial charge in [-0.1, -0.05) is 133 Å². The molecule has 2 heterocycles. The van der Waals surface area contributed by atoms with Crippen LogP contribution >= 0.6 is 0 Å². The first-order chi connectivity index (χ1) is 22.3. The van der Waals surface area contributed by atoms with E-state index in [9.17, 15) is 0 Å². The zero-order chi connectivity index (χ0) is 29.7. The maximum absolute atomic E-state index is 6.36. The second-order valence-electron chi connectivity index (χ2n) is 11.5. The summed E-state index contributed by atoms with van der Waals surface area (Å²) in [5.41, 5.74) is 6.26. The van der Waals surface area contributed by atoms with Crippen LogP contribution in [0, 0.1) is 0 Å². The van der Waals surface area contributed by atoms with Gasteiger partial charge in [-0.25, -0.2) is 15.0 Å². The summed E-state index contributed by atoms with van der Waals surface area (Å²) in [7, 11) is 0. The van der Waals surface area contributed by atoms with Crippen LogP contribution in [-0.4, -0.2) is 21.1 Å². The molecule has 4 heteroatoms. The molecule has 0 saturated heterocycles. The van der Waals surface area contributed by atoms with Gasteiger partial charge in [-0.3, -0.25) is 0 Å². The van der Waals surface area contributed by atoms with Gasteiger partial charge in [0, 0.05) is 28.2 Å². The summed E-state index contributed by atoms with van der Waals surface area (Å²) in [6.07, 6.45) is 8.56. The van der Waals surface area contributed by atoms with E-state index in [1.54, 1.807) is 0 Å². The van der Waals surface area contributed by atoms with Gasteiger partial charge in [0.05, 0.1) is 0 Å². The molecule has 1 aliphatic heterocycles. The summed E-state index contributed by atoms with van der Waals surface area (Å²) >= 11 is 0. The van der Waals surface area contributed by atoms with Crippen molar-refractivity contribution in [2.24, 2.45) is 0 Å². The molecule has 2 unspecified atom stereocenters. The lowest BCUT2D eigenvalue weighted by Crippen LogP contribution is -2.15. The van der Waals surface area contributed by atoms with E-state index in [-0.39, 0.29) is 12.0 Å². The highest BCUT2D eigenvalue weighted by Crippen LogP contribution is 2.47. The smallest absolute Gasteiger partial charge is 0.164 e. The molecule has 0 N–H and O–H groups in total. The molecule has 2 atom stereocenters. The molecule has 0 radical (unpaired) electrons. The van der Waals surface area contributed by atoms with Crippen LogP contribution in [-0.2, 0) is 0 Å². The van der Waals surface area contributed by atoms with E-state index < -0.39 is 0 Å². The van der Waals surface area contributed by atoms with E-state index in [0.29, 0.717) is 17.5 Å². The molecule has 9 rings (SSSR count). The molecular weight excluding hydrogens is 550 g/mol. The van der Waals surface area contributed by atoms with E-state index >= 15 is 0 Å². The average molecular weight is 578 g/mol. The first-order valence-corrected chi connectivity index (χ1v) is 15.3. The Balaban J connectivity index is 1.25. The number of rotatable bonds is 4. The van der Waals surface area contributed by atoms with Gasteiger partial charge in [-0.15, -0.1) is 0 Å². The summed E-state index contributed by atoms with van der Waals surface area (Å²) in [5.74, 6) is 3.02. The van der Waals surface area contributed by atoms with Crippen molar-refractivity contribution in [3.05, 3.63) is 157 Å². The molecule has 0 bridgehead atoms. The fourth-order valence-corrected chi connectivity index (χ4v) is 6.73. The van der Waals surface area contributed by atoms with Crippen LogP contribution in [0.2, 0.25) is 0 Å². The molecule has 4 nitrogen and oxygen atoms in total. The van der Waals surface area contributed by atoms with Crippen molar-refractivity contribution in [1.29, 1.82) is 0 Å². The average Bonchev–Trinajstić information content (AvgIpc) is 3.51. The van der Waals surface area contributed by atoms with Gasteiger partial charge >= 0.3 is 0 Å². The van der Waals surface area contributed by atoms with Crippen LogP contribution in [0.25, 0.3) is 66.8 Å². The third-order valence-corrected chi connectivity index (χ3v) is 8.88. The summed E-state index contributed by atoms with van der Waals surface area (Å²) in [5, 5.41) is 4.79. The molecule has 2 aliphatic rings. The lowest BCUT2D eigenvalue weighted by molar-refractivity contribution is 0.269. The molecule has 212 valence electrons. The highest BCUT2D eigenvalue weighted by atomic mass is 16.5. The predicted octanol–water partition coefficient (Wildman–Crippen LogP) is 9.82. The topological polar surface area (TPSA) is 47.9 Å². The lowest BCUT2D eigenvalue weighted by Gasteiger charge is -2.17. The number of hydrogen-bond acceptors (Lipinski definition) is 4. The summed E-state index contributed by atoms with van der Waals surface area (Å²) in [6, 6.07) is 44.2. The molecule has 45 heavy (non-hydrogen) atoms. The highest BCUT2D eigenvalue weighted by molar-refractivity contribution is 6.08. The predicted molar refractivity (Wildman–Crippen MR) is 182 cm³/mol. The minimum absolute atomic E-state index is 0.00996. The van der Waals surface area contributed by atoms with Crippen LogP contribution in [0.3, 0.4) is 0 Å². The largest absolute Gasteiger partial charge is 0.485 e. The maximum Gasteiger partial charge on any atom is 0.164 e. The number of nitrogens with zero attached hydrogens (tertiary/aromatic N) is 3. The second-order valence-corrected chi connectivity index (χ2v) is 11.5. The molecule has 7 aromatic rings. The minimum atomic E-state index is 0.00996. The van der Waals surface area contributed by atoms with Crippen LogP contribution in [0.15, 0.2) is 152 Å². The quantitative estimate of drug-likeness (QED) is 0.195. The minimum Gasteiger partial charge on any atom is -0.485 e. The van der Waals surface area contributed by atoms with Gasteiger partial charge in [0.1, 0.15) is 11.9 Å². The Kier molecular flexibility index (Phi) is 5.91. The SMILES string of the molecule is C1=CC2Oc3cccc(-c4ccccc4-c4nc(-c5ccccc5)nc(-c5ccc6ccc7ccccc7c6c5)n4)c3C2C=C1. The highest BCUT2D eigenvalue weighted by Gasteiger charge is 2.34. The molecular formula is C41H27N3O. The molecule has 0 saturated carbocycles. The van der Waals surface area contributed by atoms with Crippen molar-refractivity contribution in [1.82, 2.24) is 15.0 Å². The van der Waals surface area contributed by atoms with E-state index in [0.717, 1.165) is 33.6 Å². The third-order valence-electron chi connectivity index (χ3n) is 8.88. The summed E-state index contributed by atoms with van der Waals surface area (Å²) in [6.45, 7) is 0. The molecule has 6 aromatic carbocycles. The van der Waals surface area contributed by atoms with Crippen molar-refractivity contribution in [3.8, 4) is 51.0 Å². The molecule has 1 aromatic heterocycles. The third kappa shape index (κ3) is 4.34. The molecule has 0 fully saturated rings. The van der Waals surface area contributed by atoms with Gasteiger partial charge in [-0.05, 0) is 50.9 Å². The van der Waals surface area contributed by atoms with Crippen molar-refractivity contribution < 1.29 is 4.74 Å². The van der Waals surface area contributed by atoms with E-state index in [4.69, 9.17) is 19.7 Å². The van der Waals surface area contributed by atoms with Gasteiger partial charge in [0.15, 0.2) is 17.5 Å². The van der Waals surface area contributed by atoms with E-state index in [2.05, 4.69) is 121 Å². The monoisotopic (exact) mass is 577 g/mol. The van der Waals surface area contributed by atoms with Crippen LogP contribution in [0.1, 0.15) is 11.5 Å². The standard InChI is InChI=1S/C41H27N3O/c1-2-12-28(13-3-1)39-42-40(29-24-23-27-22-21-26-11-4-5-14-30(26)35(27)25-29)44-41(43-39)33-16-7-6-15-31(33)32-18-10-20-37-38(32)34-17-8-9-19-36(34)45-37/h1-25,34,36H. The van der Waals surface area contributed by atoms with Crippen molar-refractivity contribution in [2.45, 2.75) is 12.0 Å². The molecule has 0 amide bonds. The molecule has 0 spiro atoms. The zero-order valence-electron chi connectivity index (χ0n) is 24.3. The zero-order valence-corrected chi connectivity index (χ0v) is 24.3. The van der Waals surface area contributed by atoms with Crippen LogP contribution < -0.4 is 4.74 Å². The van der Waals surface area contributed by atoms with Crippen LogP contribution in [0.5, 0.6) is 5.75 Å². The van der Waals surface area contributed by atoms with Crippen molar-refractivity contribution in [2.75, 3.05) is 0 Å². The Labute approximate surface area is 261 Å². The van der Waals surface area contributed by atoms with Gasteiger partial charge in [0.2, 0.25) is 0 Å². The Bertz CT molecular complexity index is 2320. The molecule has 1 aliphatic carbocycles. The van der Waals surface area contributed by atoms with E-state index in [1.807, 2.05) is 30.3 Å². The number of allylic oxidation sites excluding steroid dienone is 2. The number of fused-ring (bicyclic) bond motifs is 6. The maximum atomic E-state index is 6.36. The van der Waals surface area contributed by atoms with Crippen molar-refractivity contribution >= 4 is 21.5 Å². The Morgan fingerprint density at radius 2 is 1.13 bits per heavy atom. The van der Waals surface area contributed by atoms with Crippen LogP contribution in [0.4, 0.5) is 0 Å². The van der Waals surface area contributed by atoms with E-state index in [1.165, 1.54) is 27.1 Å². The fraction of sp³-hybridized carbons (Fsp3) is 0.0488. The first-order valence-electron chi connectivity index (χ1n) is 15.3. The van der Waals surface area contributed by atoms with Crippen molar-refractivity contribution in [3.63, 3.8) is 0 Å². The first kappa shape index (κ1) is 25.6. The van der Waals surface area contributed by atoms with Gasteiger partial charge in [0.25, 0.3) is 0 Å². The normalized spacial score (nSPS) is 16.4. The lowest BCUT2D eigenvalue weighted by atomic mass is 9.85. The number of aromatic nitrogens is 3. The Morgan fingerprint density at radius 3 is 2.02 bits per heavy atom. The van der Waals surface area contributed by atoms with Gasteiger partial charge in [-0.2, -0.15) is 0 Å². The number of ether oxygens (including phenoxy) is 1. The Morgan fingerprint density at radius 1 is 0.467 bits per heavy atom. The second kappa shape index (κ2) is 10.4. The van der Waals surface area contributed by atoms with Gasteiger partial charge < -0.3 is 4.74 Å². The Hall–Kier alpha value is -5.87. The number of benzene rings is 6. The summed E-state index contributed by atoms with van der Waals surface area (Å²) in [4.78, 5) is 15.3. The number of hydrogen-bond donors (Lipinski definition) is 0.